The summed E-state index contributed by atoms with van der Waals surface area (Å²) in [6.45, 7) is 3.94. The number of hydrogen-bond acceptors (Lipinski definition) is 3. The summed E-state index contributed by atoms with van der Waals surface area (Å²) in [6, 6.07) is 9.03. The third-order valence-electron chi connectivity index (χ3n) is 6.02. The molecule has 3 heterocycles. The molecule has 1 saturated carbocycles. The number of alkyl halides is 3. The predicted octanol–water partition coefficient (Wildman–Crippen LogP) is 4.41. The van der Waals surface area contributed by atoms with E-state index in [4.69, 9.17) is 9.90 Å². The fourth-order valence-electron chi connectivity index (χ4n) is 3.86. The molecule has 1 aliphatic carbocycles. The second-order valence-corrected chi connectivity index (χ2v) is 8.59. The van der Waals surface area contributed by atoms with Crippen molar-refractivity contribution in [1.82, 2.24) is 14.5 Å². The average Bonchev–Trinajstić information content (AvgIpc) is 3.44. The molecule has 2 fully saturated rings. The Hall–Kier alpha value is -3.43. The van der Waals surface area contributed by atoms with Crippen LogP contribution in [-0.2, 0) is 16.1 Å². The van der Waals surface area contributed by atoms with Gasteiger partial charge in [-0.05, 0) is 55.2 Å². The van der Waals surface area contributed by atoms with Gasteiger partial charge in [0.1, 0.15) is 12.4 Å². The van der Waals surface area contributed by atoms with Crippen LogP contribution in [0.4, 0.5) is 17.6 Å². The summed E-state index contributed by atoms with van der Waals surface area (Å²) in [4.78, 5) is 27.9. The lowest BCUT2D eigenvalue weighted by Crippen LogP contribution is -2.52. The zero-order valence-corrected chi connectivity index (χ0v) is 17.7. The summed E-state index contributed by atoms with van der Waals surface area (Å²) in [5, 5.41) is 7.12. The van der Waals surface area contributed by atoms with Crippen LogP contribution in [0.3, 0.4) is 0 Å². The van der Waals surface area contributed by atoms with Gasteiger partial charge in [-0.25, -0.2) is 9.18 Å². The lowest BCUT2D eigenvalue weighted by molar-refractivity contribution is -0.192. The van der Waals surface area contributed by atoms with Crippen molar-refractivity contribution in [2.45, 2.75) is 32.5 Å². The topological polar surface area (TPSA) is 75.4 Å². The molecule has 1 aromatic carbocycles. The monoisotopic (exact) mass is 463 g/mol. The van der Waals surface area contributed by atoms with Crippen LogP contribution in [0.15, 0.2) is 42.7 Å². The molecule has 0 atom stereocenters. The Morgan fingerprint density at radius 3 is 2.36 bits per heavy atom. The van der Waals surface area contributed by atoms with Gasteiger partial charge < -0.3 is 14.6 Å². The number of aliphatic carboxylic acids is 1. The van der Waals surface area contributed by atoms with Crippen molar-refractivity contribution in [3.05, 3.63) is 54.1 Å². The normalized spacial score (nSPS) is 16.2. The van der Waals surface area contributed by atoms with Crippen molar-refractivity contribution >= 4 is 22.9 Å². The fourth-order valence-corrected chi connectivity index (χ4v) is 3.86. The van der Waals surface area contributed by atoms with Crippen LogP contribution in [0, 0.1) is 18.2 Å². The molecule has 2 aliphatic rings. The highest BCUT2D eigenvalue weighted by molar-refractivity contribution is 5.84. The number of fused-ring (bicyclic) bond motifs is 1. The van der Waals surface area contributed by atoms with Crippen molar-refractivity contribution < 1.29 is 32.3 Å². The van der Waals surface area contributed by atoms with Crippen LogP contribution in [0.25, 0.3) is 22.2 Å². The molecular formula is C23H21F4N3O3. The molecule has 1 spiro atoms. The smallest absolute Gasteiger partial charge is 0.475 e. The molecule has 174 valence electrons. The Kier molecular flexibility index (Phi) is 5.63. The minimum atomic E-state index is -5.08. The summed E-state index contributed by atoms with van der Waals surface area (Å²) in [6.07, 6.45) is 1.18. The third-order valence-corrected chi connectivity index (χ3v) is 6.02. The van der Waals surface area contributed by atoms with Crippen molar-refractivity contribution in [2.24, 2.45) is 5.41 Å². The lowest BCUT2D eigenvalue weighted by atomic mass is 9.97. The summed E-state index contributed by atoms with van der Waals surface area (Å²) >= 11 is 0. The van der Waals surface area contributed by atoms with Crippen molar-refractivity contribution in [3.8, 4) is 11.1 Å². The fraction of sp³-hybridized carbons (Fsp3) is 0.348. The van der Waals surface area contributed by atoms with E-state index in [2.05, 4.69) is 4.98 Å². The SMILES string of the molecule is Cc1cc(-c2cnc3ccn(CC(=O)N4CC5(CC5)C4)c3c2)ccc1F.O=C(O)C(F)(F)F. The Morgan fingerprint density at radius 2 is 1.79 bits per heavy atom. The van der Waals surface area contributed by atoms with Crippen LogP contribution in [0.2, 0.25) is 0 Å². The zero-order chi connectivity index (χ0) is 24.0. The van der Waals surface area contributed by atoms with E-state index in [1.807, 2.05) is 33.9 Å². The van der Waals surface area contributed by atoms with Crippen LogP contribution in [-0.4, -0.2) is 50.7 Å². The largest absolute Gasteiger partial charge is 0.490 e. The summed E-state index contributed by atoms with van der Waals surface area (Å²) < 4.78 is 47.2. The van der Waals surface area contributed by atoms with E-state index in [1.165, 1.54) is 18.9 Å². The molecule has 1 amide bonds. The summed E-state index contributed by atoms with van der Waals surface area (Å²) in [5.74, 6) is -2.80. The molecule has 3 aromatic rings. The number of likely N-dealkylation sites (tertiary alicyclic amines) is 1. The van der Waals surface area contributed by atoms with Crippen LogP contribution >= 0.6 is 0 Å². The predicted molar refractivity (Wildman–Crippen MR) is 112 cm³/mol. The maximum atomic E-state index is 13.5. The van der Waals surface area contributed by atoms with Crippen molar-refractivity contribution in [2.75, 3.05) is 13.1 Å². The van der Waals surface area contributed by atoms with E-state index >= 15 is 0 Å². The van der Waals surface area contributed by atoms with E-state index in [1.54, 1.807) is 19.2 Å². The quantitative estimate of drug-likeness (QED) is 0.584. The van der Waals surface area contributed by atoms with Gasteiger partial charge in [-0.1, -0.05) is 6.07 Å². The third kappa shape index (κ3) is 4.84. The number of benzene rings is 1. The molecule has 1 saturated heterocycles. The molecule has 10 heteroatoms. The van der Waals surface area contributed by atoms with Gasteiger partial charge in [0.25, 0.3) is 0 Å². The molecule has 0 unspecified atom stereocenters. The first kappa shape index (κ1) is 22.8. The van der Waals surface area contributed by atoms with E-state index < -0.39 is 12.1 Å². The molecule has 1 aliphatic heterocycles. The standard InChI is InChI=1S/C21H20FN3O.C2HF3O2/c1-14-8-15(2-3-17(14)22)16-9-19-18(23-10-16)4-7-24(19)11-20(26)25-12-21(13-25)5-6-21;3-2(4,5)1(6)7/h2-4,7-10H,5-6,11-13H2,1H3;(H,6,7). The number of aromatic nitrogens is 2. The number of amides is 1. The highest BCUT2D eigenvalue weighted by Gasteiger charge is 2.53. The number of carboxylic acid groups (broad SMARTS) is 1. The molecule has 1 N–H and O–H groups in total. The Bertz CT molecular complexity index is 1220. The van der Waals surface area contributed by atoms with Gasteiger partial charge in [-0.3, -0.25) is 9.78 Å². The average molecular weight is 463 g/mol. The molecule has 0 bridgehead atoms. The van der Waals surface area contributed by atoms with Gasteiger partial charge in [0.05, 0.1) is 11.0 Å². The number of carbonyl (C=O) groups is 2. The molecule has 6 nitrogen and oxygen atoms in total. The lowest BCUT2D eigenvalue weighted by Gasteiger charge is -2.40. The number of nitrogens with zero attached hydrogens (tertiary/aromatic N) is 3. The Balaban J connectivity index is 0.000000325. The van der Waals surface area contributed by atoms with Gasteiger partial charge in [0, 0.05) is 36.5 Å². The van der Waals surface area contributed by atoms with Gasteiger partial charge in [0.15, 0.2) is 0 Å². The van der Waals surface area contributed by atoms with Crippen LogP contribution < -0.4 is 0 Å². The first-order valence-electron chi connectivity index (χ1n) is 10.3. The Labute approximate surface area is 186 Å². The summed E-state index contributed by atoms with van der Waals surface area (Å²) in [5.41, 5.74) is 4.73. The molecular weight excluding hydrogens is 442 g/mol. The maximum Gasteiger partial charge on any atom is 0.490 e. The van der Waals surface area contributed by atoms with E-state index in [9.17, 15) is 22.4 Å². The van der Waals surface area contributed by atoms with Gasteiger partial charge in [-0.15, -0.1) is 0 Å². The highest BCUT2D eigenvalue weighted by Crippen LogP contribution is 2.52. The maximum absolute atomic E-state index is 13.5. The van der Waals surface area contributed by atoms with Crippen LogP contribution in [0.5, 0.6) is 0 Å². The van der Waals surface area contributed by atoms with Gasteiger partial charge >= 0.3 is 12.1 Å². The van der Waals surface area contributed by atoms with Crippen molar-refractivity contribution in [3.63, 3.8) is 0 Å². The van der Waals surface area contributed by atoms with E-state index in [0.29, 0.717) is 17.5 Å². The zero-order valence-electron chi connectivity index (χ0n) is 17.7. The van der Waals surface area contributed by atoms with E-state index in [-0.39, 0.29) is 11.7 Å². The molecule has 5 rings (SSSR count). The van der Waals surface area contributed by atoms with Gasteiger partial charge in [-0.2, -0.15) is 13.2 Å². The number of carbonyl (C=O) groups excluding carboxylic acids is 1. The molecule has 2 aromatic heterocycles. The minimum Gasteiger partial charge on any atom is -0.475 e. The number of carboxylic acids is 1. The number of hydrogen-bond donors (Lipinski definition) is 1. The Morgan fingerprint density at radius 1 is 1.12 bits per heavy atom. The van der Waals surface area contributed by atoms with Gasteiger partial charge in [0.2, 0.25) is 5.91 Å². The first-order chi connectivity index (χ1) is 15.5. The van der Waals surface area contributed by atoms with Crippen molar-refractivity contribution in [1.29, 1.82) is 0 Å². The number of rotatable bonds is 3. The first-order valence-corrected chi connectivity index (χ1v) is 10.3. The summed E-state index contributed by atoms with van der Waals surface area (Å²) in [7, 11) is 0. The molecule has 33 heavy (non-hydrogen) atoms. The van der Waals surface area contributed by atoms with Crippen LogP contribution in [0.1, 0.15) is 18.4 Å². The second kappa shape index (κ2) is 8.17. The second-order valence-electron chi connectivity index (χ2n) is 8.59. The number of pyridine rings is 1. The highest BCUT2D eigenvalue weighted by atomic mass is 19.4. The van der Waals surface area contributed by atoms with E-state index in [0.717, 1.165) is 35.2 Å². The number of halogens is 4. The number of aryl methyl sites for hydroxylation is 1. The molecule has 0 radical (unpaired) electrons. The minimum absolute atomic E-state index is 0.169.